The summed E-state index contributed by atoms with van der Waals surface area (Å²) >= 11 is 7.48. The number of nitrogens with one attached hydrogen (secondary N) is 1. The van der Waals surface area contributed by atoms with Gasteiger partial charge in [-0.1, -0.05) is 11.6 Å². The highest BCUT2D eigenvalue weighted by atomic mass is 35.5. The van der Waals surface area contributed by atoms with Crippen LogP contribution in [0.15, 0.2) is 46.6 Å². The van der Waals surface area contributed by atoms with Gasteiger partial charge in [-0.3, -0.25) is 9.59 Å². The Kier molecular flexibility index (Phi) is 5.80. The van der Waals surface area contributed by atoms with Crippen LogP contribution in [0.25, 0.3) is 21.5 Å². The highest BCUT2D eigenvalue weighted by Crippen LogP contribution is 2.36. The third-order valence-corrected chi connectivity index (χ3v) is 6.99. The molecule has 0 saturated carbocycles. The van der Waals surface area contributed by atoms with Crippen molar-refractivity contribution >= 4 is 39.6 Å². The van der Waals surface area contributed by atoms with Gasteiger partial charge in [-0.05, 0) is 36.8 Å². The Morgan fingerprint density at radius 3 is 2.57 bits per heavy atom. The number of carbonyl (C=O) groups is 1. The predicted octanol–water partition coefficient (Wildman–Crippen LogP) is 6.12. The van der Waals surface area contributed by atoms with Crippen molar-refractivity contribution in [2.45, 2.75) is 25.1 Å². The zero-order chi connectivity index (χ0) is 24.9. The summed E-state index contributed by atoms with van der Waals surface area (Å²) in [4.78, 5) is 33.8. The van der Waals surface area contributed by atoms with E-state index in [9.17, 15) is 22.8 Å². The fourth-order valence-corrected chi connectivity index (χ4v) is 5.35. The lowest BCUT2D eigenvalue weighted by Crippen LogP contribution is -2.27. The molecule has 0 spiro atoms. The summed E-state index contributed by atoms with van der Waals surface area (Å²) in [6.07, 6.45) is -4.24. The number of halogens is 4. The maximum atomic E-state index is 13.0. The monoisotopic (exact) mass is 520 g/mol. The molecule has 0 aliphatic heterocycles. The second kappa shape index (κ2) is 8.69. The van der Waals surface area contributed by atoms with E-state index >= 15 is 0 Å². The number of aromatic amines is 1. The molecule has 1 atom stereocenters. The Labute approximate surface area is 205 Å². The number of aromatic nitrogens is 2. The number of hydrogen-bond donors (Lipinski definition) is 1. The molecule has 11 heteroatoms. The number of hydrogen-bond acceptors (Lipinski definition) is 6. The Balaban J connectivity index is 1.44. The minimum atomic E-state index is -4.76. The second-order valence-corrected chi connectivity index (χ2v) is 9.28. The van der Waals surface area contributed by atoms with Crippen LogP contribution in [0, 0.1) is 0 Å². The first-order valence-electron chi connectivity index (χ1n) is 10.4. The molecule has 0 fully saturated rings. The Hall–Kier alpha value is -3.37. The molecule has 2 aromatic heterocycles. The van der Waals surface area contributed by atoms with Gasteiger partial charge >= 0.3 is 6.36 Å². The van der Waals surface area contributed by atoms with Gasteiger partial charge in [-0.2, -0.15) is 0 Å². The van der Waals surface area contributed by atoms with E-state index in [2.05, 4.69) is 14.7 Å². The van der Waals surface area contributed by atoms with E-state index in [1.54, 1.807) is 6.07 Å². The maximum absolute atomic E-state index is 13.0. The summed E-state index contributed by atoms with van der Waals surface area (Å²) in [5.41, 5.74) is 2.10. The quantitative estimate of drug-likeness (QED) is 0.350. The molecular weight excluding hydrogens is 505 g/mol. The topological polar surface area (TPSA) is 81.3 Å². The van der Waals surface area contributed by atoms with Crippen molar-refractivity contribution in [3.8, 4) is 22.1 Å². The van der Waals surface area contributed by atoms with E-state index in [0.717, 1.165) is 0 Å². The lowest BCUT2D eigenvalue weighted by atomic mass is 9.83. The van der Waals surface area contributed by atoms with Gasteiger partial charge in [0.25, 0.3) is 0 Å². The van der Waals surface area contributed by atoms with Crippen molar-refractivity contribution in [1.82, 2.24) is 9.97 Å². The lowest BCUT2D eigenvalue weighted by molar-refractivity contribution is -0.274. The Morgan fingerprint density at radius 2 is 1.89 bits per heavy atom. The number of H-pyrrole nitrogens is 1. The van der Waals surface area contributed by atoms with Crippen molar-refractivity contribution in [2.24, 2.45) is 0 Å². The molecule has 0 radical (unpaired) electrons. The van der Waals surface area contributed by atoms with Crippen LogP contribution in [-0.2, 0) is 6.42 Å². The number of benzene rings is 2. The van der Waals surface area contributed by atoms with Gasteiger partial charge in [0.15, 0.2) is 5.78 Å². The van der Waals surface area contributed by atoms with Gasteiger partial charge < -0.3 is 14.5 Å². The molecule has 6 nitrogen and oxygen atoms in total. The van der Waals surface area contributed by atoms with Gasteiger partial charge in [0, 0.05) is 40.4 Å². The molecular formula is C24H16ClF3N2O4S. The van der Waals surface area contributed by atoms with E-state index in [-0.39, 0.29) is 39.9 Å². The number of ether oxygens (including phenoxy) is 2. The third kappa shape index (κ3) is 4.51. The minimum absolute atomic E-state index is 0.118. The van der Waals surface area contributed by atoms with Crippen LogP contribution in [0.4, 0.5) is 13.2 Å². The van der Waals surface area contributed by atoms with Crippen LogP contribution in [0.2, 0.25) is 5.02 Å². The molecule has 1 N–H and O–H groups in total. The number of thiazole rings is 1. The molecule has 0 amide bonds. The number of carbonyl (C=O) groups excluding carboxylic acids is 1. The molecule has 2 heterocycles. The first kappa shape index (κ1) is 23.4. The van der Waals surface area contributed by atoms with Crippen LogP contribution < -0.4 is 14.9 Å². The van der Waals surface area contributed by atoms with Crippen molar-refractivity contribution < 1.29 is 27.4 Å². The predicted molar refractivity (Wildman–Crippen MR) is 126 cm³/mol. The average molecular weight is 521 g/mol. The summed E-state index contributed by atoms with van der Waals surface area (Å²) in [6.45, 7) is 0. The van der Waals surface area contributed by atoms with Gasteiger partial charge in [-0.25, -0.2) is 4.98 Å². The molecule has 180 valence electrons. The summed E-state index contributed by atoms with van der Waals surface area (Å²) in [5, 5.41) is 3.01. The number of Topliss-reactive ketones (excluding diaryl/α,β-unsaturated/α-hetero) is 1. The summed E-state index contributed by atoms with van der Waals surface area (Å²) in [7, 11) is 1.47. The maximum Gasteiger partial charge on any atom is 0.573 e. The fraction of sp³-hybridized carbons (Fsp3) is 0.208. The SMILES string of the molecule is COc1cc2[nH]c3c(c(=O)c2cc1Cl)C(=O)CC(c1csc(-c2ccc(OC(F)(F)F)cc2)n1)C3. The molecule has 35 heavy (non-hydrogen) atoms. The van der Waals surface area contributed by atoms with Crippen molar-refractivity contribution in [2.75, 3.05) is 7.11 Å². The highest BCUT2D eigenvalue weighted by molar-refractivity contribution is 7.13. The average Bonchev–Trinajstić information content (AvgIpc) is 3.29. The Morgan fingerprint density at radius 1 is 1.14 bits per heavy atom. The smallest absolute Gasteiger partial charge is 0.495 e. The van der Waals surface area contributed by atoms with Crippen LogP contribution in [0.1, 0.15) is 34.1 Å². The minimum Gasteiger partial charge on any atom is -0.495 e. The largest absolute Gasteiger partial charge is 0.573 e. The molecule has 0 bridgehead atoms. The number of rotatable bonds is 4. The standard InChI is InChI=1S/C24H16ClF3N2O4S/c1-33-20-9-16-14(8-15(20)25)22(32)21-17(29-16)6-12(7-19(21)31)18-10-35-23(30-18)11-2-4-13(5-3-11)34-24(26,27)28/h2-5,8-10,12H,6-7H2,1H3,(H,29,32). The number of alkyl halides is 3. The number of methoxy groups -OCH3 is 1. The Bertz CT molecular complexity index is 1510. The molecule has 1 unspecified atom stereocenters. The van der Waals surface area contributed by atoms with E-state index in [0.29, 0.717) is 45.0 Å². The van der Waals surface area contributed by atoms with Gasteiger partial charge in [0.2, 0.25) is 5.43 Å². The zero-order valence-corrected chi connectivity index (χ0v) is 19.6. The van der Waals surface area contributed by atoms with E-state index < -0.39 is 6.36 Å². The van der Waals surface area contributed by atoms with Gasteiger partial charge in [-0.15, -0.1) is 24.5 Å². The van der Waals surface area contributed by atoms with Gasteiger partial charge in [0.1, 0.15) is 16.5 Å². The first-order valence-corrected chi connectivity index (χ1v) is 11.7. The van der Waals surface area contributed by atoms with Crippen LogP contribution in [0.5, 0.6) is 11.5 Å². The highest BCUT2D eigenvalue weighted by Gasteiger charge is 2.32. The number of fused-ring (bicyclic) bond motifs is 2. The molecule has 2 aromatic carbocycles. The normalized spacial score (nSPS) is 15.8. The van der Waals surface area contributed by atoms with Crippen LogP contribution >= 0.6 is 22.9 Å². The van der Waals surface area contributed by atoms with Crippen molar-refractivity contribution in [3.63, 3.8) is 0 Å². The van der Waals surface area contributed by atoms with E-state index in [1.807, 2.05) is 5.38 Å². The molecule has 1 aliphatic carbocycles. The van der Waals surface area contributed by atoms with E-state index in [1.165, 1.54) is 48.8 Å². The zero-order valence-electron chi connectivity index (χ0n) is 18.0. The molecule has 5 rings (SSSR count). The van der Waals surface area contributed by atoms with Crippen LogP contribution in [-0.4, -0.2) is 29.2 Å². The molecule has 1 aliphatic rings. The first-order chi connectivity index (χ1) is 16.6. The van der Waals surface area contributed by atoms with Crippen molar-refractivity contribution in [1.29, 1.82) is 0 Å². The fourth-order valence-electron chi connectivity index (χ4n) is 4.20. The third-order valence-electron chi connectivity index (χ3n) is 5.79. The van der Waals surface area contributed by atoms with Gasteiger partial charge in [0.05, 0.1) is 28.9 Å². The summed E-state index contributed by atoms with van der Waals surface area (Å²) in [5.74, 6) is -0.449. The number of pyridine rings is 1. The van der Waals surface area contributed by atoms with Crippen molar-refractivity contribution in [3.05, 3.63) is 74.0 Å². The van der Waals surface area contributed by atoms with E-state index in [4.69, 9.17) is 16.3 Å². The summed E-state index contributed by atoms with van der Waals surface area (Å²) < 4.78 is 46.3. The number of ketones is 1. The molecule has 4 aromatic rings. The van der Waals surface area contributed by atoms with Crippen LogP contribution in [0.3, 0.4) is 0 Å². The number of nitrogens with zero attached hydrogens (tertiary/aromatic N) is 1. The second-order valence-electron chi connectivity index (χ2n) is 8.02. The molecule has 0 saturated heterocycles. The lowest BCUT2D eigenvalue weighted by Gasteiger charge is -2.22. The summed E-state index contributed by atoms with van der Waals surface area (Å²) in [6, 6.07) is 8.55.